The van der Waals surface area contributed by atoms with Gasteiger partial charge in [0.05, 0.1) is 6.04 Å². The number of carbonyl (C=O) groups is 1. The number of hydrogen-bond acceptors (Lipinski definition) is 2. The summed E-state index contributed by atoms with van der Waals surface area (Å²) in [7, 11) is 0. The number of nitrogens with zero attached hydrogens (tertiary/aromatic N) is 1. The van der Waals surface area contributed by atoms with E-state index in [0.717, 1.165) is 24.8 Å². The summed E-state index contributed by atoms with van der Waals surface area (Å²) >= 11 is 1.80. The van der Waals surface area contributed by atoms with Gasteiger partial charge in [0.25, 0.3) is 0 Å². The lowest BCUT2D eigenvalue weighted by molar-refractivity contribution is 0.195. The van der Waals surface area contributed by atoms with Crippen molar-refractivity contribution in [3.8, 4) is 0 Å². The van der Waals surface area contributed by atoms with Gasteiger partial charge in [0.2, 0.25) is 0 Å². The topological polar surface area (TPSA) is 32.3 Å². The minimum atomic E-state index is -0.394. The van der Waals surface area contributed by atoms with E-state index in [1.165, 1.54) is 58.0 Å². The summed E-state index contributed by atoms with van der Waals surface area (Å²) in [6.07, 6.45) is 5.43. The highest BCUT2D eigenvalue weighted by Gasteiger charge is 2.36. The average Bonchev–Trinajstić information content (AvgIpc) is 3.12. The summed E-state index contributed by atoms with van der Waals surface area (Å²) in [4.78, 5) is 17.6. The predicted octanol–water partition coefficient (Wildman–Crippen LogP) is 6.08. The van der Waals surface area contributed by atoms with Gasteiger partial charge in [0, 0.05) is 22.0 Å². The second-order valence-corrected chi connectivity index (χ2v) is 9.03. The Hall–Kier alpha value is -2.73. The van der Waals surface area contributed by atoms with Crippen molar-refractivity contribution in [2.45, 2.75) is 38.1 Å². The van der Waals surface area contributed by atoms with Gasteiger partial charge in [-0.3, -0.25) is 0 Å². The van der Waals surface area contributed by atoms with Crippen LogP contribution in [0.25, 0.3) is 0 Å². The largest absolute Gasteiger partial charge is 0.322 e. The molecule has 0 fully saturated rings. The van der Waals surface area contributed by atoms with Gasteiger partial charge in [0.15, 0.2) is 0 Å². The van der Waals surface area contributed by atoms with Crippen LogP contribution in [0.2, 0.25) is 0 Å². The van der Waals surface area contributed by atoms with Gasteiger partial charge in [-0.05, 0) is 79.1 Å². The first-order valence-corrected chi connectivity index (χ1v) is 11.1. The van der Waals surface area contributed by atoms with Gasteiger partial charge in [0.1, 0.15) is 11.6 Å². The molecule has 1 aliphatic heterocycles. The van der Waals surface area contributed by atoms with E-state index in [4.69, 9.17) is 0 Å². The van der Waals surface area contributed by atoms with E-state index in [9.17, 15) is 13.6 Å². The molecule has 5 rings (SSSR count). The van der Waals surface area contributed by atoms with Gasteiger partial charge < -0.3 is 10.2 Å². The number of fused-ring (bicyclic) bond motifs is 3. The molecular formula is C24H22F2N2OS. The number of benzene rings is 2. The molecule has 6 heteroatoms. The first kappa shape index (κ1) is 19.2. The van der Waals surface area contributed by atoms with Gasteiger partial charge in [-0.2, -0.15) is 0 Å². The van der Waals surface area contributed by atoms with Crippen LogP contribution in [0.5, 0.6) is 0 Å². The summed E-state index contributed by atoms with van der Waals surface area (Å²) in [6, 6.07) is 11.8. The zero-order valence-corrected chi connectivity index (χ0v) is 17.3. The molecule has 30 heavy (non-hydrogen) atoms. The monoisotopic (exact) mass is 424 g/mol. The zero-order chi connectivity index (χ0) is 20.7. The van der Waals surface area contributed by atoms with Crippen molar-refractivity contribution in [2.75, 3.05) is 11.9 Å². The molecule has 154 valence electrons. The van der Waals surface area contributed by atoms with Crippen molar-refractivity contribution in [3.05, 3.63) is 86.6 Å². The molecular weight excluding hydrogens is 402 g/mol. The number of aryl methyl sites for hydroxylation is 1. The maximum absolute atomic E-state index is 13.6. The van der Waals surface area contributed by atoms with Crippen LogP contribution in [0.3, 0.4) is 0 Å². The van der Waals surface area contributed by atoms with Crippen molar-refractivity contribution >= 4 is 23.1 Å². The normalized spacial score (nSPS) is 17.9. The van der Waals surface area contributed by atoms with Crippen molar-refractivity contribution in [1.82, 2.24) is 4.90 Å². The molecule has 3 aromatic rings. The Morgan fingerprint density at radius 3 is 2.57 bits per heavy atom. The lowest BCUT2D eigenvalue weighted by Crippen LogP contribution is -2.42. The average molecular weight is 425 g/mol. The van der Waals surface area contributed by atoms with Crippen LogP contribution in [-0.2, 0) is 19.3 Å². The number of urea groups is 1. The molecule has 1 atom stereocenters. The lowest BCUT2D eigenvalue weighted by Gasteiger charge is -2.36. The van der Waals surface area contributed by atoms with Gasteiger partial charge in [-0.15, -0.1) is 11.3 Å². The van der Waals surface area contributed by atoms with Gasteiger partial charge >= 0.3 is 6.03 Å². The van der Waals surface area contributed by atoms with E-state index in [1.807, 2.05) is 0 Å². The van der Waals surface area contributed by atoms with Crippen molar-refractivity contribution in [3.63, 3.8) is 0 Å². The third-order valence-electron chi connectivity index (χ3n) is 6.00. The third kappa shape index (κ3) is 3.49. The Kier molecular flexibility index (Phi) is 5.03. The fourth-order valence-electron chi connectivity index (χ4n) is 4.61. The van der Waals surface area contributed by atoms with Crippen LogP contribution >= 0.6 is 11.3 Å². The third-order valence-corrected chi connectivity index (χ3v) is 7.38. The smallest absolute Gasteiger partial charge is 0.312 e. The molecule has 2 heterocycles. The first-order valence-electron chi connectivity index (χ1n) is 10.3. The number of rotatable bonds is 2. The molecule has 0 radical (unpaired) electrons. The van der Waals surface area contributed by atoms with Gasteiger partial charge in [-0.25, -0.2) is 13.6 Å². The molecule has 1 N–H and O–H groups in total. The number of carbonyl (C=O) groups excluding carboxylic acids is 1. The quantitative estimate of drug-likeness (QED) is 0.531. The summed E-state index contributed by atoms with van der Waals surface area (Å²) < 4.78 is 27.2. The Morgan fingerprint density at radius 2 is 1.77 bits per heavy atom. The predicted molar refractivity (Wildman–Crippen MR) is 115 cm³/mol. The molecule has 2 aliphatic rings. The minimum absolute atomic E-state index is 0.265. The Bertz CT molecular complexity index is 1090. The Balaban J connectivity index is 1.54. The second-order valence-electron chi connectivity index (χ2n) is 7.89. The highest BCUT2D eigenvalue weighted by atomic mass is 32.1. The molecule has 0 unspecified atom stereocenters. The molecule has 0 bridgehead atoms. The number of thiophene rings is 1. The number of hydrogen-bond donors (Lipinski definition) is 1. The first-order chi connectivity index (χ1) is 14.6. The number of nitrogens with one attached hydrogen (secondary N) is 1. The molecule has 2 aromatic carbocycles. The van der Waals surface area contributed by atoms with Crippen LogP contribution in [0.1, 0.15) is 45.3 Å². The molecule has 1 aliphatic carbocycles. The van der Waals surface area contributed by atoms with Crippen LogP contribution in [0.4, 0.5) is 19.3 Å². The summed E-state index contributed by atoms with van der Waals surface area (Å²) in [5.74, 6) is -0.689. The van der Waals surface area contributed by atoms with E-state index in [2.05, 4.69) is 5.32 Å². The van der Waals surface area contributed by atoms with Crippen LogP contribution in [-0.4, -0.2) is 17.5 Å². The number of halogens is 2. The van der Waals surface area contributed by atoms with Gasteiger partial charge in [-0.1, -0.05) is 18.2 Å². The van der Waals surface area contributed by atoms with Crippen LogP contribution in [0, 0.1) is 11.6 Å². The summed E-state index contributed by atoms with van der Waals surface area (Å²) in [5.41, 5.74) is 4.16. The van der Waals surface area contributed by atoms with E-state index < -0.39 is 5.82 Å². The molecule has 2 amide bonds. The van der Waals surface area contributed by atoms with Crippen molar-refractivity contribution in [2.24, 2.45) is 0 Å². The standard InChI is InChI=1S/C24H22F2N2OS/c25-16-10-8-15(9-11-16)22-23-20(19-6-1-2-7-21(19)30-23)12-13-28(22)24(29)27-18-5-3-4-17(26)14-18/h3-5,8-11,14,22H,1-2,6-7,12-13H2,(H,27,29)/t22-/m1/s1. The number of amides is 2. The molecule has 0 spiro atoms. The Morgan fingerprint density at radius 1 is 0.967 bits per heavy atom. The number of anilines is 1. The van der Waals surface area contributed by atoms with Crippen LogP contribution in [0.15, 0.2) is 48.5 Å². The fraction of sp³-hybridized carbons (Fsp3) is 0.292. The van der Waals surface area contributed by atoms with Crippen molar-refractivity contribution in [1.29, 1.82) is 0 Å². The highest BCUT2D eigenvalue weighted by Crippen LogP contribution is 2.45. The van der Waals surface area contributed by atoms with E-state index in [0.29, 0.717) is 12.2 Å². The molecule has 0 saturated carbocycles. The molecule has 0 saturated heterocycles. The second kappa shape index (κ2) is 7.84. The molecule has 1 aromatic heterocycles. The zero-order valence-electron chi connectivity index (χ0n) is 16.5. The van der Waals surface area contributed by atoms with E-state index in [1.54, 1.807) is 40.5 Å². The maximum atomic E-state index is 13.6. The van der Waals surface area contributed by atoms with Crippen molar-refractivity contribution < 1.29 is 13.6 Å². The molecule has 3 nitrogen and oxygen atoms in total. The fourth-order valence-corrected chi connectivity index (χ4v) is 6.19. The highest BCUT2D eigenvalue weighted by molar-refractivity contribution is 7.12. The van der Waals surface area contributed by atoms with Crippen LogP contribution < -0.4 is 5.32 Å². The maximum Gasteiger partial charge on any atom is 0.322 e. The Labute approximate surface area is 178 Å². The summed E-state index contributed by atoms with van der Waals surface area (Å²) in [5, 5.41) is 2.83. The van der Waals surface area contributed by atoms with E-state index >= 15 is 0 Å². The van der Waals surface area contributed by atoms with E-state index in [-0.39, 0.29) is 17.9 Å². The SMILES string of the molecule is O=C(Nc1cccc(F)c1)N1CCc2c(sc3c2CCCC3)[C@H]1c1ccc(F)cc1. The minimum Gasteiger partial charge on any atom is -0.312 e. The summed E-state index contributed by atoms with van der Waals surface area (Å²) in [6.45, 7) is 0.569. The lowest BCUT2D eigenvalue weighted by atomic mass is 9.88.